The van der Waals surface area contributed by atoms with Gasteiger partial charge < -0.3 is 5.73 Å². The summed E-state index contributed by atoms with van der Waals surface area (Å²) in [6, 6.07) is 5.44. The van der Waals surface area contributed by atoms with E-state index in [0.717, 1.165) is 5.56 Å². The number of halogens is 2. The van der Waals surface area contributed by atoms with Gasteiger partial charge in [-0.3, -0.25) is 0 Å². The van der Waals surface area contributed by atoms with Crippen LogP contribution >= 0.6 is 23.2 Å². The van der Waals surface area contributed by atoms with Crippen LogP contribution in [0.15, 0.2) is 18.2 Å². The van der Waals surface area contributed by atoms with Crippen molar-refractivity contribution in [2.75, 3.05) is 0 Å². The summed E-state index contributed by atoms with van der Waals surface area (Å²) >= 11 is 11.6. The quantitative estimate of drug-likeness (QED) is 0.746. The van der Waals surface area contributed by atoms with Crippen molar-refractivity contribution >= 4 is 23.2 Å². The van der Waals surface area contributed by atoms with Crippen molar-refractivity contribution in [1.82, 2.24) is 0 Å². The largest absolute Gasteiger partial charge is 0.322 e. The van der Waals surface area contributed by atoms with Gasteiger partial charge in [0.05, 0.1) is 10.0 Å². The van der Waals surface area contributed by atoms with Crippen LogP contribution in [0, 0.1) is 0 Å². The number of benzene rings is 1. The Bertz CT molecular complexity index is 289. The van der Waals surface area contributed by atoms with Crippen LogP contribution < -0.4 is 5.73 Å². The van der Waals surface area contributed by atoms with Gasteiger partial charge in [0.25, 0.3) is 0 Å². The minimum absolute atomic E-state index is 0.367. The molecule has 1 rings (SSSR count). The van der Waals surface area contributed by atoms with Crippen molar-refractivity contribution < 1.29 is 0 Å². The van der Waals surface area contributed by atoms with E-state index in [1.54, 1.807) is 12.1 Å². The summed E-state index contributed by atoms with van der Waals surface area (Å²) in [5.41, 5.74) is 6.49. The molecular formula is C9H11Cl2N. The highest BCUT2D eigenvalue weighted by Crippen LogP contribution is 2.26. The molecule has 0 bridgehead atoms. The molecule has 0 fully saturated rings. The normalized spacial score (nSPS) is 11.8. The summed E-state index contributed by atoms with van der Waals surface area (Å²) in [5, 5.41) is 1.11. The van der Waals surface area contributed by atoms with Gasteiger partial charge in [-0.2, -0.15) is 0 Å². The van der Waals surface area contributed by atoms with Crippen LogP contribution in [0.4, 0.5) is 0 Å². The standard InChI is InChI=1S/C9H11Cl2N/c1-9(2,12)6-3-4-7(10)8(11)5-6/h3-5H,12H2,1-2H3. The minimum Gasteiger partial charge on any atom is -0.322 e. The van der Waals surface area contributed by atoms with Gasteiger partial charge in [-0.05, 0) is 31.5 Å². The van der Waals surface area contributed by atoms with Gasteiger partial charge in [-0.1, -0.05) is 29.3 Å². The predicted molar refractivity (Wildman–Crippen MR) is 53.7 cm³/mol. The molecule has 66 valence electrons. The second-order valence-electron chi connectivity index (χ2n) is 3.35. The van der Waals surface area contributed by atoms with Gasteiger partial charge in [0.15, 0.2) is 0 Å². The number of nitrogens with two attached hydrogens (primary N) is 1. The monoisotopic (exact) mass is 203 g/mol. The van der Waals surface area contributed by atoms with Gasteiger partial charge in [-0.15, -0.1) is 0 Å². The molecule has 0 aliphatic rings. The molecule has 0 heterocycles. The lowest BCUT2D eigenvalue weighted by molar-refractivity contribution is 0.554. The molecule has 0 radical (unpaired) electrons. The maximum absolute atomic E-state index is 5.87. The zero-order valence-electron chi connectivity index (χ0n) is 7.07. The summed E-state index contributed by atoms with van der Waals surface area (Å²) in [5.74, 6) is 0. The predicted octanol–water partition coefficient (Wildman–Crippen LogP) is 3.19. The summed E-state index contributed by atoms with van der Waals surface area (Å²) < 4.78 is 0. The van der Waals surface area contributed by atoms with E-state index in [4.69, 9.17) is 28.9 Å². The first-order valence-corrected chi connectivity index (χ1v) is 4.41. The molecule has 1 nitrogen and oxygen atoms in total. The lowest BCUT2D eigenvalue weighted by atomic mass is 9.96. The van der Waals surface area contributed by atoms with E-state index in [-0.39, 0.29) is 5.54 Å². The highest BCUT2D eigenvalue weighted by atomic mass is 35.5. The third kappa shape index (κ3) is 2.13. The maximum Gasteiger partial charge on any atom is 0.0595 e. The van der Waals surface area contributed by atoms with Gasteiger partial charge in [0.2, 0.25) is 0 Å². The van der Waals surface area contributed by atoms with E-state index >= 15 is 0 Å². The molecule has 2 N–H and O–H groups in total. The molecule has 0 saturated carbocycles. The summed E-state index contributed by atoms with van der Waals surface area (Å²) in [4.78, 5) is 0. The molecule has 1 aromatic carbocycles. The van der Waals surface area contributed by atoms with Crippen LogP contribution in [0.1, 0.15) is 19.4 Å². The Morgan fingerprint density at radius 3 is 2.17 bits per heavy atom. The number of rotatable bonds is 1. The molecule has 0 aliphatic heterocycles. The van der Waals surface area contributed by atoms with Crippen LogP contribution in [0.5, 0.6) is 0 Å². The second kappa shape index (κ2) is 3.25. The average Bonchev–Trinajstić information content (AvgIpc) is 1.92. The molecule has 0 aromatic heterocycles. The third-order valence-corrected chi connectivity index (χ3v) is 2.40. The lowest BCUT2D eigenvalue weighted by Gasteiger charge is -2.19. The van der Waals surface area contributed by atoms with Crippen LogP contribution in [0.3, 0.4) is 0 Å². The van der Waals surface area contributed by atoms with E-state index in [0.29, 0.717) is 10.0 Å². The van der Waals surface area contributed by atoms with E-state index < -0.39 is 0 Å². The van der Waals surface area contributed by atoms with E-state index in [2.05, 4.69) is 0 Å². The fraction of sp³-hybridized carbons (Fsp3) is 0.333. The Balaban J connectivity index is 3.14. The molecule has 0 atom stereocenters. The molecular weight excluding hydrogens is 193 g/mol. The van der Waals surface area contributed by atoms with Gasteiger partial charge in [0.1, 0.15) is 0 Å². The summed E-state index contributed by atoms with van der Waals surface area (Å²) in [6.45, 7) is 3.85. The number of hydrogen-bond acceptors (Lipinski definition) is 1. The first-order valence-electron chi connectivity index (χ1n) is 3.65. The number of hydrogen-bond donors (Lipinski definition) is 1. The van der Waals surface area contributed by atoms with Crippen LogP contribution in [0.25, 0.3) is 0 Å². The lowest BCUT2D eigenvalue weighted by Crippen LogP contribution is -2.28. The molecule has 0 unspecified atom stereocenters. The molecule has 0 aliphatic carbocycles. The molecule has 0 amide bonds. The average molecular weight is 204 g/mol. The first kappa shape index (κ1) is 9.85. The first-order chi connectivity index (χ1) is 5.41. The van der Waals surface area contributed by atoms with Crippen molar-refractivity contribution in [3.05, 3.63) is 33.8 Å². The molecule has 12 heavy (non-hydrogen) atoms. The third-order valence-electron chi connectivity index (χ3n) is 1.66. The van der Waals surface area contributed by atoms with E-state index in [9.17, 15) is 0 Å². The zero-order valence-corrected chi connectivity index (χ0v) is 8.58. The molecule has 0 spiro atoms. The van der Waals surface area contributed by atoms with Crippen molar-refractivity contribution in [2.45, 2.75) is 19.4 Å². The second-order valence-corrected chi connectivity index (χ2v) is 4.16. The van der Waals surface area contributed by atoms with Crippen molar-refractivity contribution in [2.24, 2.45) is 5.73 Å². The molecule has 0 saturated heterocycles. The van der Waals surface area contributed by atoms with Crippen molar-refractivity contribution in [1.29, 1.82) is 0 Å². The van der Waals surface area contributed by atoms with E-state index in [1.165, 1.54) is 0 Å². The topological polar surface area (TPSA) is 26.0 Å². The fourth-order valence-electron chi connectivity index (χ4n) is 0.897. The summed E-state index contributed by atoms with van der Waals surface area (Å²) in [7, 11) is 0. The van der Waals surface area contributed by atoms with Crippen LogP contribution in [-0.4, -0.2) is 0 Å². The highest BCUT2D eigenvalue weighted by Gasteiger charge is 2.14. The smallest absolute Gasteiger partial charge is 0.0595 e. The Morgan fingerprint density at radius 2 is 1.75 bits per heavy atom. The fourth-order valence-corrected chi connectivity index (χ4v) is 1.20. The SMILES string of the molecule is CC(C)(N)c1ccc(Cl)c(Cl)c1. The maximum atomic E-state index is 5.87. The van der Waals surface area contributed by atoms with Crippen molar-refractivity contribution in [3.8, 4) is 0 Å². The highest BCUT2D eigenvalue weighted by molar-refractivity contribution is 6.42. The Labute approximate surface area is 82.5 Å². The van der Waals surface area contributed by atoms with Crippen LogP contribution in [-0.2, 0) is 5.54 Å². The Morgan fingerprint density at radius 1 is 1.17 bits per heavy atom. The Kier molecular flexibility index (Phi) is 2.67. The van der Waals surface area contributed by atoms with E-state index in [1.807, 2.05) is 19.9 Å². The van der Waals surface area contributed by atoms with Gasteiger partial charge in [0, 0.05) is 5.54 Å². The van der Waals surface area contributed by atoms with Gasteiger partial charge in [-0.25, -0.2) is 0 Å². The zero-order chi connectivity index (χ0) is 9.35. The molecule has 1 aromatic rings. The van der Waals surface area contributed by atoms with Crippen LogP contribution in [0.2, 0.25) is 10.0 Å². The molecule has 3 heteroatoms. The van der Waals surface area contributed by atoms with Crippen molar-refractivity contribution in [3.63, 3.8) is 0 Å². The van der Waals surface area contributed by atoms with Gasteiger partial charge >= 0.3 is 0 Å². The Hall–Kier alpha value is -0.240. The summed E-state index contributed by atoms with van der Waals surface area (Å²) in [6.07, 6.45) is 0. The minimum atomic E-state index is -0.367.